The van der Waals surface area contributed by atoms with Gasteiger partial charge < -0.3 is 14.7 Å². The van der Waals surface area contributed by atoms with Gasteiger partial charge in [0.15, 0.2) is 0 Å². The number of aliphatic hydroxyl groups is 1. The average molecular weight is 249 g/mol. The van der Waals surface area contributed by atoms with Crippen LogP contribution < -0.4 is 0 Å². The number of ether oxygens (including phenoxy) is 1. The molecule has 0 bridgehead atoms. The fourth-order valence-corrected chi connectivity index (χ4v) is 1.52. The van der Waals surface area contributed by atoms with Crippen molar-refractivity contribution in [1.82, 2.24) is 4.90 Å². The first-order chi connectivity index (χ1) is 8.77. The highest BCUT2D eigenvalue weighted by Gasteiger charge is 2.11. The number of hydrogen-bond acceptors (Lipinski definition) is 3. The Morgan fingerprint density at radius 2 is 2.11 bits per heavy atom. The van der Waals surface area contributed by atoms with Gasteiger partial charge in [-0.1, -0.05) is 36.4 Å². The lowest BCUT2D eigenvalue weighted by atomic mass is 10.2. The molecule has 1 N–H and O–H groups in total. The van der Waals surface area contributed by atoms with Crippen LogP contribution in [0.4, 0.5) is 0 Å². The molecule has 0 aromatic heterocycles. The summed E-state index contributed by atoms with van der Waals surface area (Å²) in [6.07, 6.45) is 1.63. The van der Waals surface area contributed by atoms with Crippen LogP contribution in [0, 0.1) is 0 Å². The molecule has 0 aliphatic heterocycles. The van der Waals surface area contributed by atoms with E-state index in [0.717, 1.165) is 5.56 Å². The number of carbonyl (C=O) groups is 1. The third-order valence-electron chi connectivity index (χ3n) is 2.41. The summed E-state index contributed by atoms with van der Waals surface area (Å²) in [7, 11) is 0. The monoisotopic (exact) mass is 249 g/mol. The molecule has 0 atom stereocenters. The Kier molecular flexibility index (Phi) is 6.76. The number of rotatable bonds is 8. The zero-order valence-corrected chi connectivity index (χ0v) is 10.4. The molecule has 0 aliphatic rings. The lowest BCUT2D eigenvalue weighted by molar-refractivity contribution is -0.136. The minimum absolute atomic E-state index is 0.0166. The highest BCUT2D eigenvalue weighted by atomic mass is 16.5. The van der Waals surface area contributed by atoms with E-state index in [1.807, 2.05) is 30.3 Å². The Bertz CT molecular complexity index is 365. The van der Waals surface area contributed by atoms with Crippen LogP contribution in [0.25, 0.3) is 0 Å². The van der Waals surface area contributed by atoms with Gasteiger partial charge in [0.25, 0.3) is 0 Å². The van der Waals surface area contributed by atoms with Crippen molar-refractivity contribution in [1.29, 1.82) is 0 Å². The molecule has 0 radical (unpaired) electrons. The molecule has 1 aromatic carbocycles. The van der Waals surface area contributed by atoms with Crippen molar-refractivity contribution in [2.45, 2.75) is 6.61 Å². The van der Waals surface area contributed by atoms with Gasteiger partial charge in [-0.2, -0.15) is 0 Å². The summed E-state index contributed by atoms with van der Waals surface area (Å²) in [4.78, 5) is 13.3. The van der Waals surface area contributed by atoms with Gasteiger partial charge >= 0.3 is 0 Å². The van der Waals surface area contributed by atoms with E-state index in [4.69, 9.17) is 9.84 Å². The minimum atomic E-state index is -0.139. The summed E-state index contributed by atoms with van der Waals surface area (Å²) >= 11 is 0. The van der Waals surface area contributed by atoms with Crippen LogP contribution in [0.15, 0.2) is 43.0 Å². The average Bonchev–Trinajstić information content (AvgIpc) is 2.39. The van der Waals surface area contributed by atoms with Gasteiger partial charge in [-0.05, 0) is 5.56 Å². The van der Waals surface area contributed by atoms with Gasteiger partial charge in [0.05, 0.1) is 13.2 Å². The van der Waals surface area contributed by atoms with Crippen LogP contribution >= 0.6 is 0 Å². The number of nitrogens with zero attached hydrogens (tertiary/aromatic N) is 1. The van der Waals surface area contributed by atoms with Crippen molar-refractivity contribution in [3.63, 3.8) is 0 Å². The Labute approximate surface area is 107 Å². The molecule has 4 heteroatoms. The van der Waals surface area contributed by atoms with Gasteiger partial charge in [0.1, 0.15) is 6.61 Å². The Hall–Kier alpha value is -1.65. The summed E-state index contributed by atoms with van der Waals surface area (Å²) in [6, 6.07) is 9.67. The van der Waals surface area contributed by atoms with Gasteiger partial charge in [-0.15, -0.1) is 6.58 Å². The summed E-state index contributed by atoms with van der Waals surface area (Å²) in [5, 5.41) is 8.85. The van der Waals surface area contributed by atoms with E-state index in [9.17, 15) is 4.79 Å². The predicted octanol–water partition coefficient (Wildman–Crippen LogP) is 1.21. The van der Waals surface area contributed by atoms with Crippen molar-refractivity contribution in [3.8, 4) is 0 Å². The lowest BCUT2D eigenvalue weighted by Gasteiger charge is -2.19. The molecule has 0 heterocycles. The van der Waals surface area contributed by atoms with Crippen LogP contribution in [-0.2, 0) is 16.1 Å². The first-order valence-corrected chi connectivity index (χ1v) is 5.89. The zero-order valence-electron chi connectivity index (χ0n) is 10.4. The van der Waals surface area contributed by atoms with Crippen molar-refractivity contribution < 1.29 is 14.6 Å². The normalized spacial score (nSPS) is 10.1. The maximum Gasteiger partial charge on any atom is 0.248 e. The molecular weight excluding hydrogens is 230 g/mol. The molecule has 1 aromatic rings. The largest absolute Gasteiger partial charge is 0.395 e. The second-order valence-corrected chi connectivity index (χ2v) is 3.83. The van der Waals surface area contributed by atoms with Gasteiger partial charge in [0, 0.05) is 13.1 Å². The Morgan fingerprint density at radius 1 is 1.39 bits per heavy atom. The van der Waals surface area contributed by atoms with E-state index in [-0.39, 0.29) is 19.1 Å². The van der Waals surface area contributed by atoms with E-state index in [0.29, 0.717) is 19.7 Å². The van der Waals surface area contributed by atoms with Crippen LogP contribution in [-0.4, -0.2) is 42.2 Å². The number of hydrogen-bond donors (Lipinski definition) is 1. The minimum Gasteiger partial charge on any atom is -0.395 e. The molecule has 0 spiro atoms. The summed E-state index contributed by atoms with van der Waals surface area (Å²) in [5.41, 5.74) is 1.03. The first-order valence-electron chi connectivity index (χ1n) is 5.89. The van der Waals surface area contributed by atoms with E-state index in [1.54, 1.807) is 6.08 Å². The predicted molar refractivity (Wildman–Crippen MR) is 70.0 cm³/mol. The molecule has 0 fully saturated rings. The molecule has 1 amide bonds. The zero-order chi connectivity index (χ0) is 13.2. The molecule has 0 unspecified atom stereocenters. The molecule has 1 rings (SSSR count). The van der Waals surface area contributed by atoms with E-state index >= 15 is 0 Å². The van der Waals surface area contributed by atoms with Crippen LogP contribution in [0.5, 0.6) is 0 Å². The molecule has 98 valence electrons. The van der Waals surface area contributed by atoms with Crippen LogP contribution in [0.3, 0.4) is 0 Å². The summed E-state index contributed by atoms with van der Waals surface area (Å²) < 4.78 is 5.35. The topological polar surface area (TPSA) is 49.8 Å². The van der Waals surface area contributed by atoms with E-state index in [1.165, 1.54) is 4.90 Å². The fraction of sp³-hybridized carbons (Fsp3) is 0.357. The van der Waals surface area contributed by atoms with E-state index < -0.39 is 0 Å². The smallest absolute Gasteiger partial charge is 0.248 e. The number of benzene rings is 1. The molecular formula is C14H19NO3. The van der Waals surface area contributed by atoms with E-state index in [2.05, 4.69) is 6.58 Å². The third-order valence-corrected chi connectivity index (χ3v) is 2.41. The van der Waals surface area contributed by atoms with Gasteiger partial charge in [-0.25, -0.2) is 0 Å². The van der Waals surface area contributed by atoms with Crippen molar-refractivity contribution in [2.75, 3.05) is 26.3 Å². The lowest BCUT2D eigenvalue weighted by Crippen LogP contribution is -2.36. The van der Waals surface area contributed by atoms with Crippen LogP contribution in [0.2, 0.25) is 0 Å². The first kappa shape index (κ1) is 14.4. The molecule has 0 saturated carbocycles. The second-order valence-electron chi connectivity index (χ2n) is 3.83. The molecule has 18 heavy (non-hydrogen) atoms. The van der Waals surface area contributed by atoms with Crippen LogP contribution in [0.1, 0.15) is 5.56 Å². The number of carbonyl (C=O) groups excluding carboxylic acids is 1. The number of amides is 1. The van der Waals surface area contributed by atoms with Crippen molar-refractivity contribution in [2.24, 2.45) is 0 Å². The second kappa shape index (κ2) is 8.44. The highest BCUT2D eigenvalue weighted by Crippen LogP contribution is 2.01. The SMILES string of the molecule is C=CCN(CCO)C(=O)COCc1ccccc1. The quantitative estimate of drug-likeness (QED) is 0.705. The van der Waals surface area contributed by atoms with Gasteiger partial charge in [-0.3, -0.25) is 4.79 Å². The number of aliphatic hydroxyl groups excluding tert-OH is 1. The van der Waals surface area contributed by atoms with Gasteiger partial charge in [0.2, 0.25) is 5.91 Å². The fourth-order valence-electron chi connectivity index (χ4n) is 1.52. The van der Waals surface area contributed by atoms with Crippen molar-refractivity contribution >= 4 is 5.91 Å². The maximum absolute atomic E-state index is 11.8. The molecule has 0 aliphatic carbocycles. The highest BCUT2D eigenvalue weighted by molar-refractivity contribution is 5.77. The van der Waals surface area contributed by atoms with Crippen molar-refractivity contribution in [3.05, 3.63) is 48.6 Å². The Balaban J connectivity index is 2.33. The molecule has 4 nitrogen and oxygen atoms in total. The Morgan fingerprint density at radius 3 is 2.72 bits per heavy atom. The summed E-state index contributed by atoms with van der Waals surface area (Å²) in [6.45, 7) is 4.68. The molecule has 0 saturated heterocycles. The maximum atomic E-state index is 11.8. The standard InChI is InChI=1S/C14H19NO3/c1-2-8-15(9-10-16)14(17)12-18-11-13-6-4-3-5-7-13/h2-7,16H,1,8-12H2. The summed E-state index contributed by atoms with van der Waals surface area (Å²) in [5.74, 6) is -0.139. The third kappa shape index (κ3) is 5.12.